The fourth-order valence-corrected chi connectivity index (χ4v) is 2.01. The molecular weight excluding hydrogens is 264 g/mol. The van der Waals surface area contributed by atoms with Gasteiger partial charge in [0.25, 0.3) is 0 Å². The van der Waals surface area contributed by atoms with Crippen LogP contribution in [-0.4, -0.2) is 21.0 Å². The lowest BCUT2D eigenvalue weighted by atomic mass is 10.1. The molecule has 0 saturated heterocycles. The van der Waals surface area contributed by atoms with Crippen molar-refractivity contribution in [1.29, 1.82) is 0 Å². The number of carbonyl (C=O) groups is 1. The maximum atomic E-state index is 11.3. The Labute approximate surface area is 116 Å². The minimum atomic E-state index is -1.06. The Balaban J connectivity index is 2.52. The lowest BCUT2D eigenvalue weighted by Crippen LogP contribution is -2.07. The second kappa shape index (κ2) is 5.53. The number of fused-ring (bicyclic) bond motifs is 1. The molecule has 1 aromatic heterocycles. The molecule has 1 N–H and O–H groups in total. The Morgan fingerprint density at radius 3 is 2.74 bits per heavy atom. The van der Waals surface area contributed by atoms with Crippen molar-refractivity contribution in [2.24, 2.45) is 5.92 Å². The molecule has 5 heteroatoms. The summed E-state index contributed by atoms with van der Waals surface area (Å²) in [5.41, 5.74) is 0.641. The molecule has 0 bridgehead atoms. The van der Waals surface area contributed by atoms with Crippen molar-refractivity contribution in [3.05, 3.63) is 34.7 Å². The van der Waals surface area contributed by atoms with Gasteiger partial charge < -0.3 is 5.11 Å². The van der Waals surface area contributed by atoms with Crippen LogP contribution >= 0.6 is 11.6 Å². The first kappa shape index (κ1) is 13.7. The number of nitrogens with zero attached hydrogens (tertiary/aromatic N) is 2. The van der Waals surface area contributed by atoms with E-state index in [9.17, 15) is 9.90 Å². The second-order valence-electron chi connectivity index (χ2n) is 4.89. The molecule has 0 saturated carbocycles. The lowest BCUT2D eigenvalue weighted by molar-refractivity contribution is 0.0692. The van der Waals surface area contributed by atoms with Gasteiger partial charge in [0.05, 0.1) is 5.52 Å². The number of benzene rings is 1. The first-order chi connectivity index (χ1) is 8.97. The zero-order valence-corrected chi connectivity index (χ0v) is 11.6. The van der Waals surface area contributed by atoms with Crippen LogP contribution in [0.2, 0.25) is 5.02 Å². The van der Waals surface area contributed by atoms with Crippen molar-refractivity contribution in [1.82, 2.24) is 9.97 Å². The van der Waals surface area contributed by atoms with Crippen LogP contribution in [-0.2, 0) is 6.42 Å². The number of aromatic carboxylic acids is 1. The topological polar surface area (TPSA) is 63.1 Å². The number of rotatable bonds is 4. The molecule has 0 unspecified atom stereocenters. The zero-order valence-electron chi connectivity index (χ0n) is 10.9. The maximum Gasteiger partial charge on any atom is 0.355 e. The van der Waals surface area contributed by atoms with Gasteiger partial charge in [0.15, 0.2) is 5.69 Å². The summed E-state index contributed by atoms with van der Waals surface area (Å²) in [5, 5.41) is 10.2. The van der Waals surface area contributed by atoms with Crippen LogP contribution in [0.4, 0.5) is 0 Å². The van der Waals surface area contributed by atoms with Gasteiger partial charge in [-0.15, -0.1) is 0 Å². The minimum Gasteiger partial charge on any atom is -0.476 e. The highest BCUT2D eigenvalue weighted by molar-refractivity contribution is 6.31. The van der Waals surface area contributed by atoms with Gasteiger partial charge in [-0.2, -0.15) is 0 Å². The van der Waals surface area contributed by atoms with E-state index in [1.165, 1.54) is 0 Å². The Bertz CT molecular complexity index is 626. The van der Waals surface area contributed by atoms with Crippen molar-refractivity contribution >= 4 is 28.5 Å². The predicted molar refractivity (Wildman–Crippen MR) is 74.7 cm³/mol. The van der Waals surface area contributed by atoms with Gasteiger partial charge in [-0.1, -0.05) is 25.4 Å². The van der Waals surface area contributed by atoms with Crippen molar-refractivity contribution < 1.29 is 9.90 Å². The number of aryl methyl sites for hydroxylation is 1. The van der Waals surface area contributed by atoms with Gasteiger partial charge in [-0.3, -0.25) is 0 Å². The molecule has 0 aliphatic rings. The normalized spacial score (nSPS) is 11.2. The summed E-state index contributed by atoms with van der Waals surface area (Å²) in [6.45, 7) is 4.22. The van der Waals surface area contributed by atoms with Crippen LogP contribution in [0.15, 0.2) is 18.2 Å². The number of halogens is 1. The Kier molecular flexibility index (Phi) is 4.00. The molecule has 0 fully saturated rings. The highest BCUT2D eigenvalue weighted by Gasteiger charge is 2.14. The van der Waals surface area contributed by atoms with Crippen LogP contribution in [0.1, 0.15) is 36.6 Å². The van der Waals surface area contributed by atoms with E-state index in [1.807, 2.05) is 0 Å². The fraction of sp³-hybridized carbons (Fsp3) is 0.357. The second-order valence-corrected chi connectivity index (χ2v) is 5.32. The Hall–Kier alpha value is -1.68. The van der Waals surface area contributed by atoms with Gasteiger partial charge in [0.2, 0.25) is 0 Å². The number of hydrogen-bond donors (Lipinski definition) is 1. The summed E-state index contributed by atoms with van der Waals surface area (Å²) < 4.78 is 0. The number of carboxylic acids is 1. The van der Waals surface area contributed by atoms with Gasteiger partial charge in [0.1, 0.15) is 5.82 Å². The van der Waals surface area contributed by atoms with E-state index in [0.717, 1.165) is 6.42 Å². The van der Waals surface area contributed by atoms with E-state index in [2.05, 4.69) is 23.8 Å². The molecule has 0 spiro atoms. The highest BCUT2D eigenvalue weighted by Crippen LogP contribution is 2.21. The number of hydrogen-bond acceptors (Lipinski definition) is 3. The van der Waals surface area contributed by atoms with E-state index in [4.69, 9.17) is 11.6 Å². The molecule has 0 amide bonds. The third kappa shape index (κ3) is 3.20. The average Bonchev–Trinajstić information content (AvgIpc) is 2.35. The summed E-state index contributed by atoms with van der Waals surface area (Å²) in [5.74, 6) is 0.0409. The molecule has 100 valence electrons. The van der Waals surface area contributed by atoms with Crippen LogP contribution < -0.4 is 0 Å². The molecule has 19 heavy (non-hydrogen) atoms. The zero-order chi connectivity index (χ0) is 14.0. The smallest absolute Gasteiger partial charge is 0.355 e. The molecule has 2 rings (SSSR count). The van der Waals surface area contributed by atoms with E-state index in [1.54, 1.807) is 18.2 Å². The average molecular weight is 279 g/mol. The Morgan fingerprint density at radius 2 is 2.11 bits per heavy atom. The van der Waals surface area contributed by atoms with Crippen molar-refractivity contribution in [2.75, 3.05) is 0 Å². The molecule has 1 aromatic carbocycles. The van der Waals surface area contributed by atoms with E-state index >= 15 is 0 Å². The van der Waals surface area contributed by atoms with Gasteiger partial charge >= 0.3 is 5.97 Å². The lowest BCUT2D eigenvalue weighted by Gasteiger charge is -2.07. The van der Waals surface area contributed by atoms with Crippen LogP contribution in [0, 0.1) is 5.92 Å². The third-order valence-corrected chi connectivity index (χ3v) is 3.09. The summed E-state index contributed by atoms with van der Waals surface area (Å²) in [4.78, 5) is 19.8. The maximum absolute atomic E-state index is 11.3. The van der Waals surface area contributed by atoms with Gasteiger partial charge in [0, 0.05) is 16.8 Å². The van der Waals surface area contributed by atoms with E-state index < -0.39 is 5.97 Å². The minimum absolute atomic E-state index is 0.0197. The summed E-state index contributed by atoms with van der Waals surface area (Å²) in [7, 11) is 0. The molecular formula is C14H15ClN2O2. The predicted octanol–water partition coefficient (Wildman–Crippen LogP) is 3.57. The molecule has 0 radical (unpaired) electrons. The highest BCUT2D eigenvalue weighted by atomic mass is 35.5. The van der Waals surface area contributed by atoms with Crippen LogP contribution in [0.3, 0.4) is 0 Å². The standard InChI is InChI=1S/C14H15ClN2O2/c1-8(2)3-6-12-16-11-5-4-9(15)7-10(11)13(17-12)14(18)19/h4-5,7-8H,3,6H2,1-2H3,(H,18,19). The molecule has 1 heterocycles. The van der Waals surface area contributed by atoms with Crippen molar-refractivity contribution in [2.45, 2.75) is 26.7 Å². The molecule has 0 aliphatic carbocycles. The Morgan fingerprint density at radius 1 is 1.37 bits per heavy atom. The molecule has 0 aliphatic heterocycles. The SMILES string of the molecule is CC(C)CCc1nc(C(=O)O)c2cc(Cl)ccc2n1. The summed E-state index contributed by atoms with van der Waals surface area (Å²) >= 11 is 5.89. The summed E-state index contributed by atoms with van der Waals surface area (Å²) in [6.07, 6.45) is 1.61. The quantitative estimate of drug-likeness (QED) is 0.929. The number of carboxylic acid groups (broad SMARTS) is 1. The molecule has 2 aromatic rings. The first-order valence-electron chi connectivity index (χ1n) is 6.17. The van der Waals surface area contributed by atoms with Gasteiger partial charge in [-0.05, 0) is 30.5 Å². The fourth-order valence-electron chi connectivity index (χ4n) is 1.84. The van der Waals surface area contributed by atoms with Crippen molar-refractivity contribution in [3.63, 3.8) is 0 Å². The van der Waals surface area contributed by atoms with E-state index in [0.29, 0.717) is 34.1 Å². The van der Waals surface area contributed by atoms with Crippen LogP contribution in [0.5, 0.6) is 0 Å². The third-order valence-electron chi connectivity index (χ3n) is 2.85. The summed E-state index contributed by atoms with van der Waals surface area (Å²) in [6, 6.07) is 5.02. The van der Waals surface area contributed by atoms with E-state index in [-0.39, 0.29) is 5.69 Å². The largest absolute Gasteiger partial charge is 0.476 e. The van der Waals surface area contributed by atoms with Gasteiger partial charge in [-0.25, -0.2) is 14.8 Å². The van der Waals surface area contributed by atoms with Crippen LogP contribution in [0.25, 0.3) is 10.9 Å². The molecule has 4 nitrogen and oxygen atoms in total. The molecule has 0 atom stereocenters. The monoisotopic (exact) mass is 278 g/mol. The van der Waals surface area contributed by atoms with Crippen molar-refractivity contribution in [3.8, 4) is 0 Å². The number of aromatic nitrogens is 2. The first-order valence-corrected chi connectivity index (χ1v) is 6.54.